The van der Waals surface area contributed by atoms with E-state index in [1.807, 2.05) is 0 Å². The Hall–Kier alpha value is -2.46. The van der Waals surface area contributed by atoms with Gasteiger partial charge in [-0.25, -0.2) is 8.42 Å². The van der Waals surface area contributed by atoms with Gasteiger partial charge in [0.05, 0.1) is 27.7 Å². The summed E-state index contributed by atoms with van der Waals surface area (Å²) in [5, 5.41) is -0.544. The number of benzene rings is 2. The number of hydrogen-bond donors (Lipinski definition) is 1. The van der Waals surface area contributed by atoms with Gasteiger partial charge in [-0.3, -0.25) is 9.52 Å². The highest BCUT2D eigenvalue weighted by molar-refractivity contribution is 7.92. The molecule has 11 heteroatoms. The Morgan fingerprint density at radius 1 is 1.24 bits per heavy atom. The Kier molecular flexibility index (Phi) is 5.44. The molecule has 0 fully saturated rings. The molecule has 0 aromatic heterocycles. The first kappa shape index (κ1) is 21.3. The van der Waals surface area contributed by atoms with Crippen LogP contribution >= 0.6 is 11.6 Å². The molecule has 156 valence electrons. The predicted molar refractivity (Wildman–Crippen MR) is 102 cm³/mol. The number of nitrogens with one attached hydrogen (secondary N) is 1. The van der Waals surface area contributed by atoms with Crippen molar-refractivity contribution >= 4 is 38.9 Å². The molecule has 0 bridgehead atoms. The number of nitrogens with zero attached hydrogens (tertiary/aromatic N) is 1. The number of rotatable bonds is 3. The fourth-order valence-corrected chi connectivity index (χ4v) is 4.20. The van der Waals surface area contributed by atoms with Crippen LogP contribution in [0, 0.1) is 0 Å². The monoisotopic (exact) mass is 448 g/mol. The zero-order chi connectivity index (χ0) is 21.6. The number of anilines is 2. The van der Waals surface area contributed by atoms with Gasteiger partial charge in [0.15, 0.2) is 0 Å². The first-order valence-corrected chi connectivity index (χ1v) is 10.2. The maximum atomic E-state index is 13.0. The van der Waals surface area contributed by atoms with Gasteiger partial charge in [0.25, 0.3) is 10.0 Å². The summed E-state index contributed by atoms with van der Waals surface area (Å²) >= 11 is 5.56. The molecule has 3 rings (SSSR count). The van der Waals surface area contributed by atoms with Crippen molar-refractivity contribution in [2.75, 3.05) is 16.2 Å². The highest BCUT2D eigenvalue weighted by Crippen LogP contribution is 2.38. The van der Waals surface area contributed by atoms with Gasteiger partial charge in [0.2, 0.25) is 5.91 Å². The van der Waals surface area contributed by atoms with Crippen molar-refractivity contribution < 1.29 is 31.1 Å². The molecule has 2 aromatic rings. The number of halogens is 4. The predicted octanol–water partition coefficient (Wildman–Crippen LogP) is 4.29. The number of carbonyl (C=O) groups excluding carboxylic acids is 1. The van der Waals surface area contributed by atoms with Crippen LogP contribution in [0.15, 0.2) is 41.3 Å². The van der Waals surface area contributed by atoms with E-state index in [0.717, 1.165) is 12.1 Å². The smallest absolute Gasteiger partial charge is 0.417 e. The quantitative estimate of drug-likeness (QED) is 0.760. The summed E-state index contributed by atoms with van der Waals surface area (Å²) in [6.07, 6.45) is -5.01. The summed E-state index contributed by atoms with van der Waals surface area (Å²) < 4.78 is 72.2. The number of hydrogen-bond acceptors (Lipinski definition) is 4. The number of fused-ring (bicyclic) bond motifs is 1. The third-order valence-electron chi connectivity index (χ3n) is 4.20. The molecule has 0 saturated heterocycles. The van der Waals surface area contributed by atoms with Gasteiger partial charge in [-0.1, -0.05) is 11.6 Å². The Balaban J connectivity index is 1.97. The third kappa shape index (κ3) is 4.43. The molecule has 1 amide bonds. The molecule has 6 nitrogen and oxygen atoms in total. The molecular weight excluding hydrogens is 433 g/mol. The highest BCUT2D eigenvalue weighted by atomic mass is 35.5. The second-order valence-electron chi connectivity index (χ2n) is 6.49. The number of sulfonamides is 1. The lowest BCUT2D eigenvalue weighted by Gasteiger charge is -2.33. The Morgan fingerprint density at radius 3 is 2.55 bits per heavy atom. The average Bonchev–Trinajstić information content (AvgIpc) is 2.61. The minimum absolute atomic E-state index is 0.232. The molecule has 0 radical (unpaired) electrons. The summed E-state index contributed by atoms with van der Waals surface area (Å²) in [7, 11) is -4.24. The first-order valence-electron chi connectivity index (χ1n) is 8.37. The van der Waals surface area contributed by atoms with E-state index in [1.54, 1.807) is 6.92 Å². The number of carbonyl (C=O) groups is 1. The SMILES string of the molecule is CC(=O)N1CC(C)Oc2ccc(S(=O)(=O)Nc3ccc(Cl)c(C(F)(F)F)c3)cc21. The van der Waals surface area contributed by atoms with E-state index in [1.165, 1.54) is 30.0 Å². The average molecular weight is 449 g/mol. The van der Waals surface area contributed by atoms with Crippen LogP contribution in [-0.4, -0.2) is 27.0 Å². The highest BCUT2D eigenvalue weighted by Gasteiger charge is 2.34. The van der Waals surface area contributed by atoms with E-state index in [9.17, 15) is 26.4 Å². The largest absolute Gasteiger partial charge is 0.487 e. The lowest BCUT2D eigenvalue weighted by Crippen LogP contribution is -2.41. The van der Waals surface area contributed by atoms with Crippen LogP contribution in [0.2, 0.25) is 5.02 Å². The molecule has 1 aliphatic heterocycles. The molecule has 1 aliphatic rings. The van der Waals surface area contributed by atoms with Crippen molar-refractivity contribution in [3.63, 3.8) is 0 Å². The summed E-state index contributed by atoms with van der Waals surface area (Å²) in [4.78, 5) is 13.1. The van der Waals surface area contributed by atoms with Gasteiger partial charge in [-0.15, -0.1) is 0 Å². The fraction of sp³-hybridized carbons (Fsp3) is 0.278. The fourth-order valence-electron chi connectivity index (χ4n) is 2.90. The van der Waals surface area contributed by atoms with Crippen LogP contribution in [-0.2, 0) is 21.0 Å². The molecule has 1 atom stereocenters. The van der Waals surface area contributed by atoms with Crippen LogP contribution < -0.4 is 14.4 Å². The topological polar surface area (TPSA) is 75.7 Å². The van der Waals surface area contributed by atoms with Gasteiger partial charge in [-0.05, 0) is 43.3 Å². The maximum Gasteiger partial charge on any atom is 0.417 e. The lowest BCUT2D eigenvalue weighted by atomic mass is 10.2. The number of amides is 1. The van der Waals surface area contributed by atoms with Crippen molar-refractivity contribution in [3.05, 3.63) is 47.0 Å². The van der Waals surface area contributed by atoms with Crippen molar-refractivity contribution in [1.82, 2.24) is 0 Å². The van der Waals surface area contributed by atoms with E-state index in [-0.39, 0.29) is 34.8 Å². The Morgan fingerprint density at radius 2 is 1.93 bits per heavy atom. The molecule has 1 N–H and O–H groups in total. The van der Waals surface area contributed by atoms with Crippen LogP contribution in [0.3, 0.4) is 0 Å². The van der Waals surface area contributed by atoms with Crippen LogP contribution in [0.25, 0.3) is 0 Å². The third-order valence-corrected chi connectivity index (χ3v) is 5.91. The Labute approximate surface area is 170 Å². The molecule has 1 unspecified atom stereocenters. The molecule has 1 heterocycles. The van der Waals surface area contributed by atoms with Crippen molar-refractivity contribution in [3.8, 4) is 5.75 Å². The first-order chi connectivity index (χ1) is 13.4. The van der Waals surface area contributed by atoms with E-state index in [0.29, 0.717) is 11.8 Å². The maximum absolute atomic E-state index is 13.0. The molecule has 29 heavy (non-hydrogen) atoms. The molecule has 0 saturated carbocycles. The summed E-state index contributed by atoms with van der Waals surface area (Å²) in [5.74, 6) is 0.0418. The van der Waals surface area contributed by atoms with Gasteiger partial charge in [0.1, 0.15) is 11.9 Å². The van der Waals surface area contributed by atoms with Gasteiger partial charge in [0, 0.05) is 12.6 Å². The minimum atomic E-state index is -4.74. The molecule has 0 aliphatic carbocycles. The summed E-state index contributed by atoms with van der Waals surface area (Å²) in [6.45, 7) is 3.35. The number of ether oxygens (including phenoxy) is 1. The van der Waals surface area contributed by atoms with Crippen molar-refractivity contribution in [1.29, 1.82) is 0 Å². The van der Waals surface area contributed by atoms with E-state index in [2.05, 4.69) is 4.72 Å². The summed E-state index contributed by atoms with van der Waals surface area (Å²) in [5.41, 5.74) is -1.19. The van der Waals surface area contributed by atoms with Gasteiger partial charge in [-0.2, -0.15) is 13.2 Å². The van der Waals surface area contributed by atoms with Crippen molar-refractivity contribution in [2.45, 2.75) is 31.0 Å². The normalized spacial score (nSPS) is 16.8. The Bertz CT molecular complexity index is 1070. The summed E-state index contributed by atoms with van der Waals surface area (Å²) in [6, 6.07) is 6.59. The van der Waals surface area contributed by atoms with E-state index in [4.69, 9.17) is 16.3 Å². The van der Waals surface area contributed by atoms with E-state index < -0.39 is 26.8 Å². The van der Waals surface area contributed by atoms with Gasteiger partial charge < -0.3 is 9.64 Å². The molecular formula is C18H16ClF3N2O4S. The molecule has 0 spiro atoms. The lowest BCUT2D eigenvalue weighted by molar-refractivity contribution is -0.137. The van der Waals surface area contributed by atoms with Crippen LogP contribution in [0.5, 0.6) is 5.75 Å². The minimum Gasteiger partial charge on any atom is -0.487 e. The number of alkyl halides is 3. The second kappa shape index (κ2) is 7.42. The van der Waals surface area contributed by atoms with E-state index >= 15 is 0 Å². The standard InChI is InChI=1S/C18H16ClF3N2O4S/c1-10-9-24(11(2)25)16-8-13(4-6-17(16)28-10)29(26,27)23-12-3-5-15(19)14(7-12)18(20,21)22/h3-8,10,23H,9H2,1-2H3. The zero-order valence-electron chi connectivity index (χ0n) is 15.2. The van der Waals surface area contributed by atoms with Crippen LogP contribution in [0.1, 0.15) is 19.4 Å². The van der Waals surface area contributed by atoms with Crippen LogP contribution in [0.4, 0.5) is 24.5 Å². The zero-order valence-corrected chi connectivity index (χ0v) is 16.8. The second-order valence-corrected chi connectivity index (χ2v) is 8.58. The van der Waals surface area contributed by atoms with Gasteiger partial charge >= 0.3 is 6.18 Å². The van der Waals surface area contributed by atoms with Crippen molar-refractivity contribution in [2.24, 2.45) is 0 Å². The molecule has 2 aromatic carbocycles.